The number of benzene rings is 1. The number of methoxy groups -OCH3 is 2. The van der Waals surface area contributed by atoms with Crippen LogP contribution < -0.4 is 14.8 Å². The molecule has 0 saturated carbocycles. The highest BCUT2D eigenvalue weighted by Crippen LogP contribution is 2.27. The third kappa shape index (κ3) is 4.67. The van der Waals surface area contributed by atoms with Gasteiger partial charge in [0.05, 0.1) is 32.7 Å². The zero-order chi connectivity index (χ0) is 21.0. The van der Waals surface area contributed by atoms with E-state index in [1.54, 1.807) is 42.1 Å². The molecule has 0 fully saturated rings. The Balaban J connectivity index is 1.66. The highest BCUT2D eigenvalue weighted by molar-refractivity contribution is 5.87. The standard InChI is InChI=1S/C20H27N5O4/c1-13(2)7-17-20(27)24(11-15-10-22-23-25(15)17)12-19(26)21-9-14-8-16(28-3)5-6-18(14)29-4/h5-6,8,10,13,17H,7,9,11-12H2,1-4H3,(H,21,26)/t17-/m0/s1. The molecular weight excluding hydrogens is 374 g/mol. The summed E-state index contributed by atoms with van der Waals surface area (Å²) < 4.78 is 12.2. The molecule has 0 spiro atoms. The molecule has 1 N–H and O–H groups in total. The average Bonchev–Trinajstić information content (AvgIpc) is 3.17. The summed E-state index contributed by atoms with van der Waals surface area (Å²) in [6.45, 7) is 4.67. The Bertz CT molecular complexity index is 880. The Morgan fingerprint density at radius 3 is 2.79 bits per heavy atom. The van der Waals surface area contributed by atoms with Crippen molar-refractivity contribution in [2.24, 2.45) is 5.92 Å². The molecule has 2 amide bonds. The Labute approximate surface area is 170 Å². The summed E-state index contributed by atoms with van der Waals surface area (Å²) in [5.41, 5.74) is 1.63. The van der Waals surface area contributed by atoms with Gasteiger partial charge in [0.2, 0.25) is 11.8 Å². The van der Waals surface area contributed by atoms with Crippen LogP contribution in [0.15, 0.2) is 24.4 Å². The van der Waals surface area contributed by atoms with Gasteiger partial charge >= 0.3 is 0 Å². The first-order valence-electron chi connectivity index (χ1n) is 9.58. The molecule has 29 heavy (non-hydrogen) atoms. The van der Waals surface area contributed by atoms with Crippen LogP contribution in [-0.4, -0.2) is 52.5 Å². The van der Waals surface area contributed by atoms with Gasteiger partial charge in [-0.2, -0.15) is 0 Å². The van der Waals surface area contributed by atoms with Crippen molar-refractivity contribution in [2.45, 2.75) is 39.4 Å². The highest BCUT2D eigenvalue weighted by atomic mass is 16.5. The van der Waals surface area contributed by atoms with Gasteiger partial charge in [0.25, 0.3) is 0 Å². The van der Waals surface area contributed by atoms with Crippen molar-refractivity contribution in [1.29, 1.82) is 0 Å². The molecule has 3 rings (SSSR count). The summed E-state index contributed by atoms with van der Waals surface area (Å²) in [5.74, 6) is 1.30. The lowest BCUT2D eigenvalue weighted by atomic mass is 10.0. The molecule has 0 aliphatic carbocycles. The van der Waals surface area contributed by atoms with Gasteiger partial charge in [-0.3, -0.25) is 9.59 Å². The lowest BCUT2D eigenvalue weighted by molar-refractivity contribution is -0.142. The third-order valence-corrected chi connectivity index (χ3v) is 4.89. The van der Waals surface area contributed by atoms with Gasteiger partial charge in [0.15, 0.2) is 0 Å². The summed E-state index contributed by atoms with van der Waals surface area (Å²) in [5, 5.41) is 10.8. The normalized spacial score (nSPS) is 16.0. The molecule has 0 unspecified atom stereocenters. The van der Waals surface area contributed by atoms with Crippen LogP contribution in [0.2, 0.25) is 0 Å². The lowest BCUT2D eigenvalue weighted by Gasteiger charge is -2.33. The Morgan fingerprint density at radius 2 is 2.10 bits per heavy atom. The average molecular weight is 401 g/mol. The van der Waals surface area contributed by atoms with Crippen LogP contribution in [0.1, 0.15) is 37.6 Å². The number of fused-ring (bicyclic) bond motifs is 1. The van der Waals surface area contributed by atoms with E-state index in [0.29, 0.717) is 30.4 Å². The fourth-order valence-electron chi connectivity index (χ4n) is 3.45. The minimum atomic E-state index is -0.424. The summed E-state index contributed by atoms with van der Waals surface area (Å²) >= 11 is 0. The van der Waals surface area contributed by atoms with E-state index in [1.807, 2.05) is 6.07 Å². The zero-order valence-electron chi connectivity index (χ0n) is 17.2. The fourth-order valence-corrected chi connectivity index (χ4v) is 3.45. The van der Waals surface area contributed by atoms with Crippen LogP contribution in [0.5, 0.6) is 11.5 Å². The van der Waals surface area contributed by atoms with E-state index < -0.39 is 6.04 Å². The summed E-state index contributed by atoms with van der Waals surface area (Å²) in [6, 6.07) is 4.98. The predicted molar refractivity (Wildman–Crippen MR) is 105 cm³/mol. The molecule has 1 atom stereocenters. The van der Waals surface area contributed by atoms with E-state index in [0.717, 1.165) is 11.3 Å². The maximum absolute atomic E-state index is 12.9. The minimum absolute atomic E-state index is 0.0229. The van der Waals surface area contributed by atoms with Gasteiger partial charge in [0, 0.05) is 12.1 Å². The van der Waals surface area contributed by atoms with E-state index >= 15 is 0 Å². The number of ether oxygens (including phenoxy) is 2. The van der Waals surface area contributed by atoms with E-state index in [-0.39, 0.29) is 24.9 Å². The molecule has 9 nitrogen and oxygen atoms in total. The molecule has 1 aromatic heterocycles. The van der Waals surface area contributed by atoms with Crippen molar-refractivity contribution in [3.63, 3.8) is 0 Å². The molecule has 1 aliphatic heterocycles. The number of aromatic nitrogens is 3. The van der Waals surface area contributed by atoms with Gasteiger partial charge in [-0.25, -0.2) is 4.68 Å². The third-order valence-electron chi connectivity index (χ3n) is 4.89. The van der Waals surface area contributed by atoms with Crippen LogP contribution in [0, 0.1) is 5.92 Å². The first kappa shape index (κ1) is 20.6. The SMILES string of the molecule is COc1ccc(OC)c(CNC(=O)CN2Cc3cnnn3[C@@H](CC(C)C)C2=O)c1. The number of hydrogen-bond donors (Lipinski definition) is 1. The van der Waals surface area contributed by atoms with Crippen LogP contribution in [0.25, 0.3) is 0 Å². The quantitative estimate of drug-likeness (QED) is 0.720. The van der Waals surface area contributed by atoms with E-state index in [1.165, 1.54) is 0 Å². The molecule has 2 aromatic rings. The lowest BCUT2D eigenvalue weighted by Crippen LogP contribution is -2.47. The number of hydrogen-bond acceptors (Lipinski definition) is 6. The molecule has 0 bridgehead atoms. The van der Waals surface area contributed by atoms with Crippen molar-refractivity contribution in [3.8, 4) is 11.5 Å². The summed E-state index contributed by atoms with van der Waals surface area (Å²) in [7, 11) is 3.16. The Hall–Kier alpha value is -3.10. The van der Waals surface area contributed by atoms with Gasteiger partial charge in [0.1, 0.15) is 24.1 Å². The van der Waals surface area contributed by atoms with Crippen molar-refractivity contribution >= 4 is 11.8 Å². The second-order valence-electron chi connectivity index (χ2n) is 7.46. The molecule has 9 heteroatoms. The number of carbonyl (C=O) groups excluding carboxylic acids is 2. The minimum Gasteiger partial charge on any atom is -0.497 e. The maximum Gasteiger partial charge on any atom is 0.248 e. The molecular formula is C20H27N5O4. The summed E-state index contributed by atoms with van der Waals surface area (Å²) in [6.07, 6.45) is 2.29. The smallest absolute Gasteiger partial charge is 0.248 e. The number of amides is 2. The molecule has 156 valence electrons. The molecule has 0 saturated heterocycles. The first-order chi connectivity index (χ1) is 13.9. The summed E-state index contributed by atoms with van der Waals surface area (Å²) in [4.78, 5) is 27.0. The largest absolute Gasteiger partial charge is 0.497 e. The van der Waals surface area contributed by atoms with Crippen LogP contribution in [0.3, 0.4) is 0 Å². The topological polar surface area (TPSA) is 98.6 Å². The van der Waals surface area contributed by atoms with Gasteiger partial charge < -0.3 is 19.7 Å². The molecule has 0 radical (unpaired) electrons. The van der Waals surface area contributed by atoms with Crippen molar-refractivity contribution in [1.82, 2.24) is 25.2 Å². The van der Waals surface area contributed by atoms with Gasteiger partial charge in [-0.1, -0.05) is 19.1 Å². The van der Waals surface area contributed by atoms with E-state index in [9.17, 15) is 9.59 Å². The van der Waals surface area contributed by atoms with Crippen LogP contribution >= 0.6 is 0 Å². The van der Waals surface area contributed by atoms with Crippen molar-refractivity contribution in [3.05, 3.63) is 35.7 Å². The predicted octanol–water partition coefficient (Wildman–Crippen LogP) is 1.54. The maximum atomic E-state index is 12.9. The molecule has 2 heterocycles. The van der Waals surface area contributed by atoms with Crippen molar-refractivity contribution < 1.29 is 19.1 Å². The van der Waals surface area contributed by atoms with E-state index in [4.69, 9.17) is 9.47 Å². The number of carbonyl (C=O) groups is 2. The molecule has 1 aromatic carbocycles. The second-order valence-corrected chi connectivity index (χ2v) is 7.46. The van der Waals surface area contributed by atoms with Gasteiger partial charge in [-0.15, -0.1) is 5.10 Å². The highest BCUT2D eigenvalue weighted by Gasteiger charge is 2.35. The van der Waals surface area contributed by atoms with E-state index in [2.05, 4.69) is 29.5 Å². The van der Waals surface area contributed by atoms with Crippen LogP contribution in [-0.2, 0) is 22.7 Å². The second kappa shape index (κ2) is 8.93. The first-order valence-corrected chi connectivity index (χ1v) is 9.58. The fraction of sp³-hybridized carbons (Fsp3) is 0.500. The molecule has 1 aliphatic rings. The Kier molecular flexibility index (Phi) is 6.36. The number of rotatable bonds is 8. The Morgan fingerprint density at radius 1 is 1.31 bits per heavy atom. The number of nitrogens with zero attached hydrogens (tertiary/aromatic N) is 4. The van der Waals surface area contributed by atoms with Gasteiger partial charge in [-0.05, 0) is 30.5 Å². The number of nitrogens with one attached hydrogen (secondary N) is 1. The van der Waals surface area contributed by atoms with Crippen LogP contribution in [0.4, 0.5) is 0 Å². The monoisotopic (exact) mass is 401 g/mol. The zero-order valence-corrected chi connectivity index (χ0v) is 17.2. The van der Waals surface area contributed by atoms with Crippen molar-refractivity contribution in [2.75, 3.05) is 20.8 Å².